The van der Waals surface area contributed by atoms with E-state index < -0.39 is 23.7 Å². The van der Waals surface area contributed by atoms with Crippen LogP contribution in [0.1, 0.15) is 70.6 Å². The predicted molar refractivity (Wildman–Crippen MR) is 123 cm³/mol. The summed E-state index contributed by atoms with van der Waals surface area (Å²) in [4.78, 5) is 25.7. The number of aryl methyl sites for hydroxylation is 1. The minimum Gasteiger partial charge on any atom is -0.366 e. The van der Waals surface area contributed by atoms with Crippen molar-refractivity contribution in [3.63, 3.8) is 0 Å². The standard InChI is InChI=1S/C25H25F3N4O2/c1-13-11-24(2,3)17-9-6-10-18(19(13)17)30-23(34)20-14(7-5-8-15(20)22(29)33)16-12-32(4)31-21(16)25(26,27)28/h5-10,12-13H,11H2,1-4H3,(H2,29,33)(H,30,34)/t13-/m1/s1. The highest BCUT2D eigenvalue weighted by atomic mass is 19.4. The van der Waals surface area contributed by atoms with Crippen LogP contribution in [0.2, 0.25) is 0 Å². The van der Waals surface area contributed by atoms with Gasteiger partial charge in [-0.25, -0.2) is 0 Å². The number of nitrogens with one attached hydrogen (secondary N) is 1. The highest BCUT2D eigenvalue weighted by molar-refractivity contribution is 6.16. The second kappa shape index (κ2) is 8.00. The Hall–Kier alpha value is -3.62. The van der Waals surface area contributed by atoms with Crippen molar-refractivity contribution in [2.75, 3.05) is 5.32 Å². The van der Waals surface area contributed by atoms with Crippen LogP contribution in [0.5, 0.6) is 0 Å². The summed E-state index contributed by atoms with van der Waals surface area (Å²) >= 11 is 0. The summed E-state index contributed by atoms with van der Waals surface area (Å²) in [5.41, 5.74) is 6.14. The fraction of sp³-hybridized carbons (Fsp3) is 0.320. The van der Waals surface area contributed by atoms with Gasteiger partial charge in [-0.05, 0) is 46.6 Å². The number of carbonyl (C=O) groups is 2. The average molecular weight is 470 g/mol. The largest absolute Gasteiger partial charge is 0.435 e. The zero-order valence-electron chi connectivity index (χ0n) is 19.2. The highest BCUT2D eigenvalue weighted by Gasteiger charge is 2.39. The Morgan fingerprint density at radius 3 is 2.47 bits per heavy atom. The van der Waals surface area contributed by atoms with Crippen LogP contribution in [-0.4, -0.2) is 21.6 Å². The van der Waals surface area contributed by atoms with Crippen LogP contribution in [0.4, 0.5) is 18.9 Å². The zero-order valence-corrected chi connectivity index (χ0v) is 19.2. The third-order valence-electron chi connectivity index (χ3n) is 6.34. The number of halogens is 3. The summed E-state index contributed by atoms with van der Waals surface area (Å²) < 4.78 is 42.1. The van der Waals surface area contributed by atoms with Gasteiger partial charge in [-0.15, -0.1) is 0 Å². The number of nitrogens with two attached hydrogens (primary N) is 1. The van der Waals surface area contributed by atoms with Crippen LogP contribution in [0.25, 0.3) is 11.1 Å². The fourth-order valence-corrected chi connectivity index (χ4v) is 5.08. The van der Waals surface area contributed by atoms with Crippen molar-refractivity contribution in [1.29, 1.82) is 0 Å². The first-order valence-electron chi connectivity index (χ1n) is 10.8. The van der Waals surface area contributed by atoms with Gasteiger partial charge in [-0.3, -0.25) is 14.3 Å². The van der Waals surface area contributed by atoms with Crippen LogP contribution < -0.4 is 11.1 Å². The van der Waals surface area contributed by atoms with E-state index in [4.69, 9.17) is 5.73 Å². The minimum atomic E-state index is -4.76. The molecular formula is C25H25F3N4O2. The molecule has 0 unspecified atom stereocenters. The number of primary amides is 1. The summed E-state index contributed by atoms with van der Waals surface area (Å²) in [6.45, 7) is 6.32. The molecule has 9 heteroatoms. The Balaban J connectivity index is 1.87. The molecule has 0 fully saturated rings. The number of hydrogen-bond donors (Lipinski definition) is 2. The van der Waals surface area contributed by atoms with Gasteiger partial charge in [0.05, 0.1) is 11.1 Å². The summed E-state index contributed by atoms with van der Waals surface area (Å²) in [5, 5.41) is 6.38. The molecule has 2 amide bonds. The number of nitrogens with zero attached hydrogens (tertiary/aromatic N) is 2. The molecule has 3 aromatic rings. The molecule has 2 aromatic carbocycles. The maximum atomic E-state index is 13.7. The number of amides is 2. The first-order valence-corrected chi connectivity index (χ1v) is 10.8. The SMILES string of the molecule is C[C@@H]1CC(C)(C)c2cccc(NC(=O)c3c(C(N)=O)cccc3-c3cn(C)nc3C(F)(F)F)c21. The Morgan fingerprint density at radius 1 is 1.15 bits per heavy atom. The molecule has 1 heterocycles. The Bertz CT molecular complexity index is 1310. The molecule has 1 aromatic heterocycles. The van der Waals surface area contributed by atoms with Crippen LogP contribution in [0, 0.1) is 0 Å². The number of carbonyl (C=O) groups excluding carboxylic acids is 2. The number of rotatable bonds is 4. The van der Waals surface area contributed by atoms with E-state index in [1.807, 2.05) is 12.1 Å². The van der Waals surface area contributed by atoms with Gasteiger partial charge in [-0.2, -0.15) is 18.3 Å². The molecule has 1 atom stereocenters. The van der Waals surface area contributed by atoms with Crippen LogP contribution in [-0.2, 0) is 18.6 Å². The van der Waals surface area contributed by atoms with E-state index in [-0.39, 0.29) is 33.6 Å². The van der Waals surface area contributed by atoms with Crippen LogP contribution >= 0.6 is 0 Å². The fourth-order valence-electron chi connectivity index (χ4n) is 5.08. The lowest BCUT2D eigenvalue weighted by Crippen LogP contribution is -2.22. The first kappa shape index (κ1) is 23.5. The zero-order chi connectivity index (χ0) is 25.0. The van der Waals surface area contributed by atoms with Gasteiger partial charge in [0.2, 0.25) is 5.91 Å². The topological polar surface area (TPSA) is 90.0 Å². The van der Waals surface area contributed by atoms with Crippen LogP contribution in [0.15, 0.2) is 42.6 Å². The van der Waals surface area contributed by atoms with Crippen molar-refractivity contribution < 1.29 is 22.8 Å². The van der Waals surface area contributed by atoms with E-state index in [1.165, 1.54) is 31.4 Å². The van der Waals surface area contributed by atoms with E-state index in [0.717, 1.165) is 22.2 Å². The number of aromatic nitrogens is 2. The summed E-state index contributed by atoms with van der Waals surface area (Å²) in [7, 11) is 1.35. The molecule has 0 spiro atoms. The van der Waals surface area contributed by atoms with Crippen molar-refractivity contribution in [2.45, 2.75) is 44.7 Å². The smallest absolute Gasteiger partial charge is 0.366 e. The lowest BCUT2D eigenvalue weighted by atomic mass is 9.86. The number of benzene rings is 2. The normalized spacial score (nSPS) is 16.9. The molecule has 1 aliphatic rings. The van der Waals surface area contributed by atoms with Gasteiger partial charge in [-0.1, -0.05) is 45.0 Å². The van der Waals surface area contributed by atoms with Crippen molar-refractivity contribution in [1.82, 2.24) is 9.78 Å². The second-order valence-electron chi connectivity index (χ2n) is 9.37. The maximum Gasteiger partial charge on any atom is 0.435 e. The summed E-state index contributed by atoms with van der Waals surface area (Å²) in [5.74, 6) is -1.47. The molecule has 0 saturated heterocycles. The summed E-state index contributed by atoms with van der Waals surface area (Å²) in [6, 6.07) is 9.68. The molecule has 178 valence electrons. The van der Waals surface area contributed by atoms with E-state index in [0.29, 0.717) is 5.69 Å². The molecule has 34 heavy (non-hydrogen) atoms. The van der Waals surface area contributed by atoms with E-state index in [2.05, 4.69) is 31.2 Å². The van der Waals surface area contributed by atoms with Gasteiger partial charge in [0, 0.05) is 24.5 Å². The molecule has 0 aliphatic heterocycles. The first-order chi connectivity index (χ1) is 15.8. The molecule has 3 N–H and O–H groups in total. The van der Waals surface area contributed by atoms with Crippen LogP contribution in [0.3, 0.4) is 0 Å². The Kier molecular flexibility index (Phi) is 5.54. The summed E-state index contributed by atoms with van der Waals surface area (Å²) in [6.07, 6.45) is -2.69. The third kappa shape index (κ3) is 3.95. The molecule has 6 nitrogen and oxygen atoms in total. The van der Waals surface area contributed by atoms with Crippen molar-refractivity contribution in [3.8, 4) is 11.1 Å². The third-order valence-corrected chi connectivity index (χ3v) is 6.34. The Labute approximate surface area is 195 Å². The predicted octanol–water partition coefficient (Wildman–Crippen LogP) is 5.24. The highest BCUT2D eigenvalue weighted by Crippen LogP contribution is 2.48. The molecule has 0 saturated carbocycles. The lowest BCUT2D eigenvalue weighted by Gasteiger charge is -2.20. The molecule has 0 radical (unpaired) electrons. The number of anilines is 1. The maximum absolute atomic E-state index is 13.7. The van der Waals surface area contributed by atoms with Gasteiger partial charge in [0.15, 0.2) is 5.69 Å². The second-order valence-corrected chi connectivity index (χ2v) is 9.37. The van der Waals surface area contributed by atoms with Crippen molar-refractivity contribution >= 4 is 17.5 Å². The van der Waals surface area contributed by atoms with E-state index >= 15 is 0 Å². The number of hydrogen-bond acceptors (Lipinski definition) is 3. The van der Waals surface area contributed by atoms with Gasteiger partial charge < -0.3 is 11.1 Å². The number of fused-ring (bicyclic) bond motifs is 1. The van der Waals surface area contributed by atoms with Gasteiger partial charge >= 0.3 is 6.18 Å². The van der Waals surface area contributed by atoms with Gasteiger partial charge in [0.1, 0.15) is 0 Å². The minimum absolute atomic E-state index is 0.0739. The van der Waals surface area contributed by atoms with E-state index in [9.17, 15) is 22.8 Å². The Morgan fingerprint density at radius 2 is 1.82 bits per heavy atom. The molecular weight excluding hydrogens is 445 g/mol. The van der Waals surface area contributed by atoms with E-state index in [1.54, 1.807) is 6.07 Å². The molecule has 0 bridgehead atoms. The van der Waals surface area contributed by atoms with Crippen molar-refractivity contribution in [2.24, 2.45) is 12.8 Å². The van der Waals surface area contributed by atoms with Crippen molar-refractivity contribution in [3.05, 3.63) is 70.5 Å². The average Bonchev–Trinajstić information content (AvgIpc) is 3.24. The monoisotopic (exact) mass is 470 g/mol. The molecule has 1 aliphatic carbocycles. The number of alkyl halides is 3. The molecule has 4 rings (SSSR count). The quantitative estimate of drug-likeness (QED) is 0.546. The lowest BCUT2D eigenvalue weighted by molar-refractivity contribution is -0.141. The van der Waals surface area contributed by atoms with Gasteiger partial charge in [0.25, 0.3) is 5.91 Å².